The molecule has 0 aromatic heterocycles. The number of halogens is 2. The van der Waals surface area contributed by atoms with E-state index in [0.29, 0.717) is 17.9 Å². The molecule has 0 saturated carbocycles. The Kier molecular flexibility index (Phi) is 6.65. The van der Waals surface area contributed by atoms with E-state index in [4.69, 9.17) is 9.47 Å². The molecule has 0 heterocycles. The van der Waals surface area contributed by atoms with Gasteiger partial charge in [-0.25, -0.2) is 0 Å². The molecule has 0 fully saturated rings. The molecule has 132 valence electrons. The summed E-state index contributed by atoms with van der Waals surface area (Å²) in [7, 11) is 3.17. The van der Waals surface area contributed by atoms with Gasteiger partial charge in [0.25, 0.3) is 0 Å². The molecule has 6 heteroatoms. The second-order valence-electron chi connectivity index (χ2n) is 5.10. The average Bonchev–Trinajstić information content (AvgIpc) is 2.60. The first kappa shape index (κ1) is 18.6. The number of alkyl halides is 2. The molecule has 2 aromatic rings. The van der Waals surface area contributed by atoms with E-state index in [-0.39, 0.29) is 11.5 Å². The predicted molar refractivity (Wildman–Crippen MR) is 90.1 cm³/mol. The lowest BCUT2D eigenvalue weighted by Crippen LogP contribution is -2.02. The van der Waals surface area contributed by atoms with E-state index in [2.05, 4.69) is 4.74 Å². The van der Waals surface area contributed by atoms with E-state index in [0.717, 1.165) is 11.1 Å². The smallest absolute Gasteiger partial charge is 0.387 e. The Morgan fingerprint density at radius 1 is 1.12 bits per heavy atom. The van der Waals surface area contributed by atoms with Crippen molar-refractivity contribution in [1.29, 1.82) is 0 Å². The zero-order valence-corrected chi connectivity index (χ0v) is 13.9. The van der Waals surface area contributed by atoms with Crippen molar-refractivity contribution in [1.82, 2.24) is 0 Å². The van der Waals surface area contributed by atoms with Gasteiger partial charge in [0.05, 0.1) is 13.7 Å². The van der Waals surface area contributed by atoms with Gasteiger partial charge >= 0.3 is 6.61 Å². The Hall–Kier alpha value is -2.73. The highest BCUT2D eigenvalue weighted by Crippen LogP contribution is 2.22. The van der Waals surface area contributed by atoms with Gasteiger partial charge in [-0.3, -0.25) is 4.79 Å². The van der Waals surface area contributed by atoms with Crippen molar-refractivity contribution < 1.29 is 27.8 Å². The highest BCUT2D eigenvalue weighted by atomic mass is 19.3. The topological polar surface area (TPSA) is 44.8 Å². The highest BCUT2D eigenvalue weighted by Gasteiger charge is 2.07. The summed E-state index contributed by atoms with van der Waals surface area (Å²) in [6.45, 7) is -2.50. The molecule has 0 aliphatic carbocycles. The molecule has 0 atom stereocenters. The Morgan fingerprint density at radius 3 is 2.44 bits per heavy atom. The maximum Gasteiger partial charge on any atom is 0.387 e. The van der Waals surface area contributed by atoms with E-state index in [1.54, 1.807) is 26.4 Å². The second-order valence-corrected chi connectivity index (χ2v) is 5.10. The summed E-state index contributed by atoms with van der Waals surface area (Å²) >= 11 is 0. The van der Waals surface area contributed by atoms with Crippen LogP contribution in [0.3, 0.4) is 0 Å². The molecule has 2 rings (SSSR count). The van der Waals surface area contributed by atoms with Crippen molar-refractivity contribution in [3.8, 4) is 11.5 Å². The fraction of sp³-hybridized carbons (Fsp3) is 0.211. The number of benzene rings is 2. The van der Waals surface area contributed by atoms with Crippen LogP contribution in [0.1, 0.15) is 21.5 Å². The normalized spacial score (nSPS) is 11.1. The van der Waals surface area contributed by atoms with Crippen LogP contribution < -0.4 is 9.47 Å². The van der Waals surface area contributed by atoms with Crippen LogP contribution in [0.25, 0.3) is 6.08 Å². The molecule has 0 unspecified atom stereocenters. The van der Waals surface area contributed by atoms with Crippen LogP contribution in [-0.2, 0) is 11.3 Å². The third-order valence-corrected chi connectivity index (χ3v) is 3.40. The van der Waals surface area contributed by atoms with Gasteiger partial charge in [0, 0.05) is 18.2 Å². The standard InChI is InChI=1S/C19H18F2O4/c1-23-12-15-11-13(4-10-18(15)24-2)3-9-17(22)14-5-7-16(8-6-14)25-19(20)21/h3-11,19H,12H2,1-2H3/b9-3+. The van der Waals surface area contributed by atoms with Crippen molar-refractivity contribution in [2.75, 3.05) is 14.2 Å². The molecular weight excluding hydrogens is 330 g/mol. The summed E-state index contributed by atoms with van der Waals surface area (Å²) in [5.41, 5.74) is 2.07. The third-order valence-electron chi connectivity index (χ3n) is 3.40. The fourth-order valence-corrected chi connectivity index (χ4v) is 2.24. The fourth-order valence-electron chi connectivity index (χ4n) is 2.24. The molecule has 0 radical (unpaired) electrons. The number of methoxy groups -OCH3 is 2. The first-order valence-electron chi connectivity index (χ1n) is 7.46. The summed E-state index contributed by atoms with van der Waals surface area (Å²) in [6.07, 6.45) is 3.09. The number of hydrogen-bond donors (Lipinski definition) is 0. The molecule has 0 bridgehead atoms. The molecular formula is C19H18F2O4. The molecule has 0 aliphatic rings. The van der Waals surface area contributed by atoms with Gasteiger partial charge in [-0.15, -0.1) is 0 Å². The van der Waals surface area contributed by atoms with Gasteiger partial charge in [-0.2, -0.15) is 8.78 Å². The average molecular weight is 348 g/mol. The first-order chi connectivity index (χ1) is 12.0. The highest BCUT2D eigenvalue weighted by molar-refractivity contribution is 6.06. The van der Waals surface area contributed by atoms with Gasteiger partial charge < -0.3 is 14.2 Å². The van der Waals surface area contributed by atoms with Crippen LogP contribution in [0.5, 0.6) is 11.5 Å². The maximum atomic E-state index is 12.2. The molecule has 0 saturated heterocycles. The zero-order chi connectivity index (χ0) is 18.2. The van der Waals surface area contributed by atoms with Gasteiger partial charge in [0.1, 0.15) is 11.5 Å². The van der Waals surface area contributed by atoms with Crippen LogP contribution in [0, 0.1) is 0 Å². The van der Waals surface area contributed by atoms with E-state index >= 15 is 0 Å². The molecule has 0 spiro atoms. The van der Waals surface area contributed by atoms with E-state index < -0.39 is 6.61 Å². The number of ketones is 1. The van der Waals surface area contributed by atoms with E-state index in [9.17, 15) is 13.6 Å². The van der Waals surface area contributed by atoms with Gasteiger partial charge in [-0.05, 0) is 48.0 Å². The quantitative estimate of drug-likeness (QED) is 0.526. The van der Waals surface area contributed by atoms with Crippen molar-refractivity contribution in [3.63, 3.8) is 0 Å². The molecule has 4 nitrogen and oxygen atoms in total. The molecule has 25 heavy (non-hydrogen) atoms. The minimum absolute atomic E-state index is 0.00916. The van der Waals surface area contributed by atoms with Crippen LogP contribution >= 0.6 is 0 Å². The number of carbonyl (C=O) groups excluding carboxylic acids is 1. The largest absolute Gasteiger partial charge is 0.496 e. The van der Waals surface area contributed by atoms with E-state index in [1.807, 2.05) is 12.1 Å². The van der Waals surface area contributed by atoms with Crippen LogP contribution in [0.2, 0.25) is 0 Å². The number of rotatable bonds is 8. The summed E-state index contributed by atoms with van der Waals surface area (Å²) in [5.74, 6) is 0.475. The SMILES string of the molecule is COCc1cc(/C=C/C(=O)c2ccc(OC(F)F)cc2)ccc1OC. The first-order valence-corrected chi connectivity index (χ1v) is 7.46. The number of ether oxygens (including phenoxy) is 3. The van der Waals surface area contributed by atoms with Gasteiger partial charge in [0.15, 0.2) is 5.78 Å². The zero-order valence-electron chi connectivity index (χ0n) is 13.9. The Bertz CT molecular complexity index is 740. The van der Waals surface area contributed by atoms with Gasteiger partial charge in [-0.1, -0.05) is 12.1 Å². The minimum atomic E-state index is -2.89. The maximum absolute atomic E-state index is 12.2. The summed E-state index contributed by atoms with van der Waals surface area (Å²) in [4.78, 5) is 12.2. The van der Waals surface area contributed by atoms with Crippen molar-refractivity contribution in [2.45, 2.75) is 13.2 Å². The molecule has 0 aliphatic heterocycles. The lowest BCUT2D eigenvalue weighted by Gasteiger charge is -2.08. The Labute approximate surface area is 144 Å². The monoisotopic (exact) mass is 348 g/mol. The Morgan fingerprint density at radius 2 is 1.84 bits per heavy atom. The second kappa shape index (κ2) is 8.94. The lowest BCUT2D eigenvalue weighted by atomic mass is 10.1. The van der Waals surface area contributed by atoms with Crippen LogP contribution in [0.15, 0.2) is 48.5 Å². The summed E-state index contributed by atoms with van der Waals surface area (Å²) < 4.78 is 38.8. The number of allylic oxidation sites excluding steroid dienone is 1. The van der Waals surface area contributed by atoms with Crippen molar-refractivity contribution in [3.05, 3.63) is 65.2 Å². The summed E-state index contributed by atoms with van der Waals surface area (Å²) in [6, 6.07) is 11.0. The van der Waals surface area contributed by atoms with Gasteiger partial charge in [0.2, 0.25) is 0 Å². The summed E-state index contributed by atoms with van der Waals surface area (Å²) in [5, 5.41) is 0. The third kappa shape index (κ3) is 5.39. The van der Waals surface area contributed by atoms with E-state index in [1.165, 1.54) is 30.3 Å². The number of hydrogen-bond acceptors (Lipinski definition) is 4. The predicted octanol–water partition coefficient (Wildman–Crippen LogP) is 4.34. The van der Waals surface area contributed by atoms with Crippen molar-refractivity contribution >= 4 is 11.9 Å². The molecule has 0 N–H and O–H groups in total. The molecule has 0 amide bonds. The van der Waals surface area contributed by atoms with Crippen LogP contribution in [-0.4, -0.2) is 26.6 Å². The lowest BCUT2D eigenvalue weighted by molar-refractivity contribution is -0.0498. The number of carbonyl (C=O) groups is 1. The minimum Gasteiger partial charge on any atom is -0.496 e. The Balaban J connectivity index is 2.10. The van der Waals surface area contributed by atoms with Crippen LogP contribution in [0.4, 0.5) is 8.78 Å². The van der Waals surface area contributed by atoms with Crippen molar-refractivity contribution in [2.24, 2.45) is 0 Å². The molecule has 2 aromatic carbocycles.